The lowest BCUT2D eigenvalue weighted by atomic mass is 9.95. The first kappa shape index (κ1) is 24.6. The highest BCUT2D eigenvalue weighted by molar-refractivity contribution is 6.46. The zero-order valence-electron chi connectivity index (χ0n) is 19.8. The van der Waals surface area contributed by atoms with Gasteiger partial charge in [-0.15, -0.1) is 0 Å². The number of nitro groups is 1. The lowest BCUT2D eigenvalue weighted by Gasteiger charge is -2.27. The molecular weight excluding hydrogens is 464 g/mol. The summed E-state index contributed by atoms with van der Waals surface area (Å²) in [6.45, 7) is 3.34. The van der Waals surface area contributed by atoms with Gasteiger partial charge in [0, 0.05) is 30.7 Å². The molecule has 1 N–H and O–H groups in total. The number of aryl methyl sites for hydroxylation is 1. The van der Waals surface area contributed by atoms with Crippen LogP contribution in [0.1, 0.15) is 36.9 Å². The fraction of sp³-hybridized carbons (Fsp3) is 0.269. The van der Waals surface area contributed by atoms with Gasteiger partial charge in [-0.2, -0.15) is 0 Å². The molecule has 36 heavy (non-hydrogen) atoms. The van der Waals surface area contributed by atoms with Gasteiger partial charge in [0.2, 0.25) is 12.1 Å². The second-order valence-corrected chi connectivity index (χ2v) is 8.40. The number of imidazole rings is 1. The summed E-state index contributed by atoms with van der Waals surface area (Å²) >= 11 is 0. The van der Waals surface area contributed by atoms with E-state index in [4.69, 9.17) is 4.74 Å². The number of likely N-dealkylation sites (tertiary alicyclic amines) is 1. The summed E-state index contributed by atoms with van der Waals surface area (Å²) in [4.78, 5) is 41.0. The minimum Gasteiger partial charge on any atom is -0.872 e. The molecule has 0 saturated carbocycles. The van der Waals surface area contributed by atoms with Crippen molar-refractivity contribution in [2.75, 3.05) is 13.2 Å². The van der Waals surface area contributed by atoms with E-state index < -0.39 is 28.4 Å². The molecule has 1 aromatic heterocycles. The number of ketones is 1. The highest BCUT2D eigenvalue weighted by atomic mass is 16.6. The van der Waals surface area contributed by atoms with Gasteiger partial charge < -0.3 is 14.7 Å². The molecule has 0 spiro atoms. The number of rotatable bonds is 10. The van der Waals surface area contributed by atoms with E-state index in [1.807, 2.05) is 17.7 Å². The number of hydrogen-bond acceptors (Lipinski definition) is 6. The molecular formula is C26H26N4O6. The van der Waals surface area contributed by atoms with Crippen LogP contribution >= 0.6 is 0 Å². The van der Waals surface area contributed by atoms with E-state index in [2.05, 4.69) is 4.98 Å². The van der Waals surface area contributed by atoms with Crippen molar-refractivity contribution < 1.29 is 28.9 Å². The van der Waals surface area contributed by atoms with Crippen LogP contribution in [-0.4, -0.2) is 39.6 Å². The minimum atomic E-state index is -0.939. The fourth-order valence-electron chi connectivity index (χ4n) is 4.19. The van der Waals surface area contributed by atoms with Crippen molar-refractivity contribution in [2.24, 2.45) is 0 Å². The number of benzene rings is 2. The molecule has 186 valence electrons. The number of aromatic nitrogens is 2. The minimum absolute atomic E-state index is 0.125. The molecule has 2 aromatic carbocycles. The molecule has 0 radical (unpaired) electrons. The quantitative estimate of drug-likeness (QED) is 0.116. The van der Waals surface area contributed by atoms with Crippen molar-refractivity contribution >= 4 is 23.1 Å². The van der Waals surface area contributed by atoms with E-state index in [0.29, 0.717) is 30.9 Å². The van der Waals surface area contributed by atoms with Crippen molar-refractivity contribution in [3.05, 3.63) is 94.1 Å². The predicted molar refractivity (Wildman–Crippen MR) is 127 cm³/mol. The summed E-state index contributed by atoms with van der Waals surface area (Å²) in [6, 6.07) is 11.1. The number of amides is 1. The molecule has 1 saturated heterocycles. The third kappa shape index (κ3) is 5.12. The molecule has 1 aliphatic rings. The molecule has 1 fully saturated rings. The normalized spacial score (nSPS) is 16.9. The number of H-pyrrole nitrogens is 1. The van der Waals surface area contributed by atoms with Gasteiger partial charge in [-0.25, -0.2) is 4.57 Å². The molecule has 1 unspecified atom stereocenters. The van der Waals surface area contributed by atoms with Gasteiger partial charge in [-0.1, -0.05) is 24.8 Å². The van der Waals surface area contributed by atoms with Gasteiger partial charge in [0.15, 0.2) is 0 Å². The molecule has 3 aromatic rings. The van der Waals surface area contributed by atoms with Crippen molar-refractivity contribution in [1.29, 1.82) is 0 Å². The largest absolute Gasteiger partial charge is 0.872 e. The molecule has 10 nitrogen and oxygen atoms in total. The van der Waals surface area contributed by atoms with Crippen LogP contribution in [0.5, 0.6) is 5.75 Å². The number of aromatic amines is 1. The monoisotopic (exact) mass is 490 g/mol. The summed E-state index contributed by atoms with van der Waals surface area (Å²) in [5.41, 5.74) is 0.428. The molecule has 1 atom stereocenters. The molecule has 4 rings (SSSR count). The van der Waals surface area contributed by atoms with Crippen LogP contribution < -0.4 is 14.4 Å². The van der Waals surface area contributed by atoms with Gasteiger partial charge in [-0.05, 0) is 41.8 Å². The number of nitrogens with one attached hydrogen (secondary N) is 1. The number of nitro benzene ring substituents is 1. The van der Waals surface area contributed by atoms with E-state index in [9.17, 15) is 24.8 Å². The highest BCUT2D eigenvalue weighted by Crippen LogP contribution is 2.39. The Kier molecular flexibility index (Phi) is 7.43. The summed E-state index contributed by atoms with van der Waals surface area (Å²) < 4.78 is 7.46. The SMILES string of the molecule is CCCOc1ccc(/C([O-])=C2\C(=O)C(=O)N(CCC[n+]3cc[nH]c3)C2c2ccc([N+](=O)[O-])cc2)cc1. The number of Topliss-reactive ketones (excluding diaryl/α,β-unsaturated/α-hetero) is 1. The van der Waals surface area contributed by atoms with Crippen molar-refractivity contribution in [2.45, 2.75) is 32.4 Å². The van der Waals surface area contributed by atoms with Crippen LogP contribution in [-0.2, 0) is 16.1 Å². The number of nitrogens with zero attached hydrogens (tertiary/aromatic N) is 3. The zero-order chi connectivity index (χ0) is 25.7. The Morgan fingerprint density at radius 2 is 1.86 bits per heavy atom. The molecule has 0 aliphatic carbocycles. The van der Waals surface area contributed by atoms with Crippen LogP contribution in [0.2, 0.25) is 0 Å². The fourth-order valence-corrected chi connectivity index (χ4v) is 4.19. The van der Waals surface area contributed by atoms with Gasteiger partial charge in [0.25, 0.3) is 11.6 Å². The van der Waals surface area contributed by atoms with Crippen molar-refractivity contribution in [3.8, 4) is 5.75 Å². The Hall–Kier alpha value is -4.47. The average molecular weight is 491 g/mol. The molecule has 1 aliphatic heterocycles. The number of hydrogen-bond donors (Lipinski definition) is 1. The predicted octanol–water partition coefficient (Wildman–Crippen LogP) is 2.31. The van der Waals surface area contributed by atoms with E-state index in [-0.39, 0.29) is 23.4 Å². The standard InChI is InChI=1S/C26H26N4O6/c1-2-16-36-21-10-6-19(7-11-21)24(31)22-23(18-4-8-20(9-5-18)30(34)35)29(26(33)25(22)32)14-3-13-28-15-12-27-17-28/h4-12,15,17,23H,2-3,13-14,16H2,1H3,(H,31,32). The smallest absolute Gasteiger partial charge is 0.295 e. The highest BCUT2D eigenvalue weighted by Gasteiger charge is 2.44. The van der Waals surface area contributed by atoms with Crippen LogP contribution in [0, 0.1) is 10.1 Å². The third-order valence-corrected chi connectivity index (χ3v) is 5.96. The average Bonchev–Trinajstić information content (AvgIpc) is 3.50. The van der Waals surface area contributed by atoms with E-state index in [1.54, 1.807) is 36.8 Å². The first-order chi connectivity index (χ1) is 17.4. The van der Waals surface area contributed by atoms with Gasteiger partial charge >= 0.3 is 0 Å². The van der Waals surface area contributed by atoms with Gasteiger partial charge in [-0.3, -0.25) is 24.7 Å². The maximum atomic E-state index is 13.5. The Morgan fingerprint density at radius 3 is 2.47 bits per heavy atom. The third-order valence-electron chi connectivity index (χ3n) is 5.96. The topological polar surface area (TPSA) is 132 Å². The van der Waals surface area contributed by atoms with Crippen LogP contribution in [0.15, 0.2) is 72.8 Å². The van der Waals surface area contributed by atoms with Crippen LogP contribution in [0.4, 0.5) is 5.69 Å². The van der Waals surface area contributed by atoms with Gasteiger partial charge in [0.05, 0.1) is 24.1 Å². The summed E-state index contributed by atoms with van der Waals surface area (Å²) in [7, 11) is 0. The van der Waals surface area contributed by atoms with Crippen LogP contribution in [0.25, 0.3) is 5.76 Å². The molecule has 2 heterocycles. The molecule has 0 bridgehead atoms. The lowest BCUT2D eigenvalue weighted by molar-refractivity contribution is -0.695. The summed E-state index contributed by atoms with van der Waals surface area (Å²) in [5, 5.41) is 24.6. The summed E-state index contributed by atoms with van der Waals surface area (Å²) in [5.74, 6) is -1.57. The molecule has 1 amide bonds. The maximum absolute atomic E-state index is 13.5. The Labute approximate surface area is 207 Å². The maximum Gasteiger partial charge on any atom is 0.295 e. The van der Waals surface area contributed by atoms with Crippen LogP contribution in [0.3, 0.4) is 0 Å². The first-order valence-electron chi connectivity index (χ1n) is 11.7. The first-order valence-corrected chi connectivity index (χ1v) is 11.7. The lowest BCUT2D eigenvalue weighted by Crippen LogP contribution is -2.36. The Balaban J connectivity index is 1.70. The van der Waals surface area contributed by atoms with E-state index in [0.717, 1.165) is 6.42 Å². The zero-order valence-corrected chi connectivity index (χ0v) is 19.8. The van der Waals surface area contributed by atoms with Crippen molar-refractivity contribution in [1.82, 2.24) is 9.88 Å². The van der Waals surface area contributed by atoms with Crippen molar-refractivity contribution in [3.63, 3.8) is 0 Å². The number of carbonyl (C=O) groups excluding carboxylic acids is 2. The Bertz CT molecular complexity index is 1270. The Morgan fingerprint density at radius 1 is 1.14 bits per heavy atom. The molecule has 10 heteroatoms. The van der Waals surface area contributed by atoms with E-state index in [1.165, 1.54) is 29.2 Å². The van der Waals surface area contributed by atoms with E-state index >= 15 is 0 Å². The number of carbonyl (C=O) groups is 2. The summed E-state index contributed by atoms with van der Waals surface area (Å²) in [6.07, 6.45) is 6.77. The second-order valence-electron chi connectivity index (χ2n) is 8.40. The second kappa shape index (κ2) is 10.9. The number of ether oxygens (including phenoxy) is 1. The number of non-ortho nitro benzene ring substituents is 1. The van der Waals surface area contributed by atoms with Gasteiger partial charge in [0.1, 0.15) is 18.1 Å².